The van der Waals surface area contributed by atoms with E-state index in [1.807, 2.05) is 6.07 Å². The van der Waals surface area contributed by atoms with Gasteiger partial charge in [0, 0.05) is 35.5 Å². The second-order valence-corrected chi connectivity index (χ2v) is 6.08. The Bertz CT molecular complexity index is 788. The highest BCUT2D eigenvalue weighted by Gasteiger charge is 2.46. The van der Waals surface area contributed by atoms with Crippen molar-refractivity contribution in [2.75, 3.05) is 6.54 Å². The van der Waals surface area contributed by atoms with Gasteiger partial charge in [-0.05, 0) is 24.1 Å². The number of pyridine rings is 1. The minimum Gasteiger partial charge on any atom is -0.262 e. The molecule has 9 heteroatoms. The summed E-state index contributed by atoms with van der Waals surface area (Å²) in [6.07, 6.45) is -2.20. The molecular weight excluding hydrogens is 361 g/mol. The Morgan fingerprint density at radius 1 is 1.24 bits per heavy atom. The van der Waals surface area contributed by atoms with Crippen LogP contribution in [0, 0.1) is 23.0 Å². The smallest absolute Gasteiger partial charge is 0.262 e. The first-order valence-corrected chi connectivity index (χ1v) is 7.85. The summed E-state index contributed by atoms with van der Waals surface area (Å²) in [6.45, 7) is 1.40. The molecule has 2 rings (SSSR count). The molecule has 1 unspecified atom stereocenters. The summed E-state index contributed by atoms with van der Waals surface area (Å²) < 4.78 is 68.7. The molecule has 1 aromatic heterocycles. The Morgan fingerprint density at radius 2 is 1.96 bits per heavy atom. The zero-order chi connectivity index (χ0) is 18.6. The Morgan fingerprint density at radius 3 is 2.52 bits per heavy atom. The molecule has 2 aromatic rings. The van der Waals surface area contributed by atoms with Gasteiger partial charge in [0.15, 0.2) is 0 Å². The molecule has 132 valence electrons. The van der Waals surface area contributed by atoms with E-state index in [1.54, 1.807) is 0 Å². The van der Waals surface area contributed by atoms with Crippen LogP contribution in [-0.4, -0.2) is 22.0 Å². The van der Waals surface area contributed by atoms with Crippen molar-refractivity contribution in [1.29, 1.82) is 5.26 Å². The first kappa shape index (κ1) is 19.1. The molecule has 0 aliphatic carbocycles. The minimum absolute atomic E-state index is 0.0809. The Hall–Kier alpha value is -2.18. The van der Waals surface area contributed by atoms with Gasteiger partial charge in [0.25, 0.3) is 0 Å². The Labute approximate surface area is 145 Å². The van der Waals surface area contributed by atoms with Crippen LogP contribution in [0.25, 0.3) is 0 Å². The summed E-state index contributed by atoms with van der Waals surface area (Å²) in [5.74, 6) is -2.23. The summed E-state index contributed by atoms with van der Waals surface area (Å²) >= 11 is 0.700. The maximum atomic E-state index is 14.0. The predicted molar refractivity (Wildman–Crippen MR) is 82.3 cm³/mol. The van der Waals surface area contributed by atoms with Gasteiger partial charge in [0.1, 0.15) is 23.7 Å². The molecule has 25 heavy (non-hydrogen) atoms. The van der Waals surface area contributed by atoms with Gasteiger partial charge in [-0.2, -0.15) is 18.4 Å². The molecule has 0 bridgehead atoms. The number of aromatic nitrogens is 1. The molecule has 0 amide bonds. The van der Waals surface area contributed by atoms with Crippen molar-refractivity contribution < 1.29 is 22.0 Å². The largest absolute Gasteiger partial charge is 0.409 e. The number of nitriles is 1. The summed E-state index contributed by atoms with van der Waals surface area (Å²) in [7, 11) is 0. The van der Waals surface area contributed by atoms with Gasteiger partial charge in [-0.25, -0.2) is 13.1 Å². The number of hydrogen-bond donors (Lipinski definition) is 0. The van der Waals surface area contributed by atoms with Crippen molar-refractivity contribution >= 4 is 11.9 Å². The Kier molecular flexibility index (Phi) is 5.98. The van der Waals surface area contributed by atoms with Crippen LogP contribution in [-0.2, 0) is 0 Å². The SMILES string of the molecule is CCN(Sc1cncc(C#N)c1)C(c1ccc(F)cc1F)C(F)(F)F. The fraction of sp³-hybridized carbons (Fsp3) is 0.250. The lowest BCUT2D eigenvalue weighted by Crippen LogP contribution is -2.35. The van der Waals surface area contributed by atoms with Crippen LogP contribution in [0.2, 0.25) is 0 Å². The van der Waals surface area contributed by atoms with Gasteiger partial charge in [-0.15, -0.1) is 0 Å². The Balaban J connectivity index is 2.42. The molecule has 0 saturated heterocycles. The highest BCUT2D eigenvalue weighted by Crippen LogP contribution is 2.43. The zero-order valence-electron chi connectivity index (χ0n) is 12.9. The van der Waals surface area contributed by atoms with Gasteiger partial charge in [-0.3, -0.25) is 4.98 Å². The van der Waals surface area contributed by atoms with Crippen LogP contribution in [0.5, 0.6) is 0 Å². The molecule has 0 radical (unpaired) electrons. The number of nitrogens with zero attached hydrogens (tertiary/aromatic N) is 3. The molecule has 1 heterocycles. The van der Waals surface area contributed by atoms with Gasteiger partial charge in [0.2, 0.25) is 0 Å². The molecule has 0 aliphatic heterocycles. The number of alkyl halides is 3. The molecule has 1 atom stereocenters. The van der Waals surface area contributed by atoms with E-state index in [0.717, 1.165) is 16.4 Å². The fourth-order valence-electron chi connectivity index (χ4n) is 2.18. The molecule has 0 fully saturated rings. The summed E-state index contributed by atoms with van der Waals surface area (Å²) in [6, 6.07) is 2.94. The third-order valence-corrected chi connectivity index (χ3v) is 4.37. The quantitative estimate of drug-likeness (QED) is 0.554. The van der Waals surface area contributed by atoms with E-state index in [4.69, 9.17) is 5.26 Å². The van der Waals surface area contributed by atoms with Crippen LogP contribution in [0.3, 0.4) is 0 Å². The van der Waals surface area contributed by atoms with E-state index in [1.165, 1.54) is 25.4 Å². The third kappa shape index (κ3) is 4.67. The number of rotatable bonds is 5. The summed E-state index contributed by atoms with van der Waals surface area (Å²) in [5.41, 5.74) is -0.481. The van der Waals surface area contributed by atoms with E-state index < -0.39 is 29.4 Å². The van der Waals surface area contributed by atoms with E-state index in [0.29, 0.717) is 22.9 Å². The molecule has 0 spiro atoms. The van der Waals surface area contributed by atoms with Crippen LogP contribution in [0.4, 0.5) is 22.0 Å². The molecule has 0 aliphatic rings. The van der Waals surface area contributed by atoms with Crippen molar-refractivity contribution in [1.82, 2.24) is 9.29 Å². The third-order valence-electron chi connectivity index (χ3n) is 3.23. The van der Waals surface area contributed by atoms with Gasteiger partial charge >= 0.3 is 6.18 Å². The average Bonchev–Trinajstić information content (AvgIpc) is 2.55. The number of benzene rings is 1. The van der Waals surface area contributed by atoms with Crippen molar-refractivity contribution in [2.45, 2.75) is 24.0 Å². The molecular formula is C16H12F5N3S. The van der Waals surface area contributed by atoms with Gasteiger partial charge in [0.05, 0.1) is 5.56 Å². The molecule has 0 saturated carbocycles. The molecule has 1 aromatic carbocycles. The summed E-state index contributed by atoms with van der Waals surface area (Å²) in [4.78, 5) is 4.09. The first-order valence-electron chi connectivity index (χ1n) is 7.07. The molecule has 0 N–H and O–H groups in total. The van der Waals surface area contributed by atoms with Crippen molar-refractivity contribution in [2.24, 2.45) is 0 Å². The normalized spacial score (nSPS) is 12.9. The van der Waals surface area contributed by atoms with E-state index >= 15 is 0 Å². The van der Waals surface area contributed by atoms with Crippen LogP contribution < -0.4 is 0 Å². The topological polar surface area (TPSA) is 39.9 Å². The maximum absolute atomic E-state index is 14.0. The van der Waals surface area contributed by atoms with Gasteiger partial charge in [-0.1, -0.05) is 13.0 Å². The predicted octanol–water partition coefficient (Wildman–Crippen LogP) is 4.86. The fourth-order valence-corrected chi connectivity index (χ4v) is 3.21. The molecule has 3 nitrogen and oxygen atoms in total. The van der Waals surface area contributed by atoms with E-state index in [-0.39, 0.29) is 12.1 Å². The zero-order valence-corrected chi connectivity index (χ0v) is 13.7. The highest BCUT2D eigenvalue weighted by molar-refractivity contribution is 7.97. The average molecular weight is 373 g/mol. The van der Waals surface area contributed by atoms with Crippen LogP contribution in [0.1, 0.15) is 24.1 Å². The summed E-state index contributed by atoms with van der Waals surface area (Å²) in [5, 5.41) is 8.85. The van der Waals surface area contributed by atoms with Crippen molar-refractivity contribution in [3.8, 4) is 6.07 Å². The maximum Gasteiger partial charge on any atom is 0.409 e. The lowest BCUT2D eigenvalue weighted by molar-refractivity contribution is -0.172. The second-order valence-electron chi connectivity index (χ2n) is 4.96. The standard InChI is InChI=1S/C16H12F5N3S/c1-2-24(25-12-5-10(7-22)8-23-9-12)15(16(19,20)21)13-4-3-11(17)6-14(13)18/h3-6,8-9,15H,2H2,1H3. The number of hydrogen-bond acceptors (Lipinski definition) is 4. The van der Waals surface area contributed by atoms with Crippen LogP contribution in [0.15, 0.2) is 41.6 Å². The van der Waals surface area contributed by atoms with E-state index in [9.17, 15) is 22.0 Å². The van der Waals surface area contributed by atoms with Crippen molar-refractivity contribution in [3.05, 3.63) is 59.4 Å². The minimum atomic E-state index is -4.79. The lowest BCUT2D eigenvalue weighted by atomic mass is 10.1. The number of halogens is 5. The van der Waals surface area contributed by atoms with Gasteiger partial charge < -0.3 is 0 Å². The van der Waals surface area contributed by atoms with E-state index in [2.05, 4.69) is 4.98 Å². The highest BCUT2D eigenvalue weighted by atomic mass is 32.2. The van der Waals surface area contributed by atoms with Crippen molar-refractivity contribution in [3.63, 3.8) is 0 Å². The first-order chi connectivity index (χ1) is 11.8. The monoisotopic (exact) mass is 373 g/mol. The second kappa shape index (κ2) is 7.80. The lowest BCUT2D eigenvalue weighted by Gasteiger charge is -2.31. The van der Waals surface area contributed by atoms with Crippen LogP contribution >= 0.6 is 11.9 Å².